The van der Waals surface area contributed by atoms with Gasteiger partial charge in [0.1, 0.15) is 6.73 Å². The first kappa shape index (κ1) is 27.1. The van der Waals surface area contributed by atoms with Crippen LogP contribution in [0.2, 0.25) is 0 Å². The number of aromatic nitrogens is 3. The van der Waals surface area contributed by atoms with Crippen molar-refractivity contribution in [1.29, 1.82) is 0 Å². The van der Waals surface area contributed by atoms with E-state index in [0.717, 1.165) is 61.2 Å². The molecule has 1 aliphatic rings. The van der Waals surface area contributed by atoms with E-state index in [-0.39, 0.29) is 6.73 Å². The van der Waals surface area contributed by atoms with Gasteiger partial charge in [-0.3, -0.25) is 10.00 Å². The van der Waals surface area contributed by atoms with Gasteiger partial charge in [0.25, 0.3) is 0 Å². The number of hydrogen-bond donors (Lipinski definition) is 2. The Bertz CT molecular complexity index is 1360. The molecule has 1 fully saturated rings. The number of alkyl halides is 3. The van der Waals surface area contributed by atoms with E-state index in [9.17, 15) is 13.2 Å². The molecule has 39 heavy (non-hydrogen) atoms. The molecule has 1 aliphatic heterocycles. The minimum Gasteiger partial charge on any atom is -0.363 e. The number of anilines is 1. The maximum absolute atomic E-state index is 13.8. The summed E-state index contributed by atoms with van der Waals surface area (Å²) in [5, 5.41) is 10.8. The van der Waals surface area contributed by atoms with E-state index in [0.29, 0.717) is 24.4 Å². The van der Waals surface area contributed by atoms with Crippen LogP contribution < -0.4 is 5.32 Å². The predicted octanol–water partition coefficient (Wildman–Crippen LogP) is 5.41. The lowest BCUT2D eigenvalue weighted by molar-refractivity contribution is -0.138. The van der Waals surface area contributed by atoms with Crippen molar-refractivity contribution in [1.82, 2.24) is 25.0 Å². The summed E-state index contributed by atoms with van der Waals surface area (Å²) >= 11 is 0. The van der Waals surface area contributed by atoms with Gasteiger partial charge in [0, 0.05) is 62.2 Å². The standard InChI is InChI=1S/C29H33F3N6O/c1-37-10-12-38(13-11-37)19-23-8-9-26(16-27(23)29(30,31)32)34-20-39-14-2-3-21-4-6-22(7-5-21)24-15-25-18-35-36-28(25)33-17-24/h4-9,15-18,34H,2-3,10-14,19-20H2,1H3,(H,33,35,36). The number of nitrogens with zero attached hydrogens (tertiary/aromatic N) is 4. The normalized spacial score (nSPS) is 15.2. The largest absolute Gasteiger partial charge is 0.416 e. The average molecular weight is 539 g/mol. The van der Waals surface area contributed by atoms with Gasteiger partial charge in [-0.25, -0.2) is 4.98 Å². The zero-order valence-electron chi connectivity index (χ0n) is 22.0. The predicted molar refractivity (Wildman–Crippen MR) is 146 cm³/mol. The minimum atomic E-state index is -4.40. The van der Waals surface area contributed by atoms with Crippen molar-refractivity contribution in [2.75, 3.05) is 51.9 Å². The highest BCUT2D eigenvalue weighted by molar-refractivity contribution is 5.80. The molecule has 0 spiro atoms. The molecule has 0 amide bonds. The number of aromatic amines is 1. The number of piperazine rings is 1. The first-order valence-electron chi connectivity index (χ1n) is 13.2. The molecule has 2 aromatic carbocycles. The lowest BCUT2D eigenvalue weighted by Gasteiger charge is -2.33. The monoisotopic (exact) mass is 538 g/mol. The number of aryl methyl sites for hydroxylation is 1. The fourth-order valence-corrected chi connectivity index (χ4v) is 4.78. The zero-order chi connectivity index (χ0) is 27.2. The summed E-state index contributed by atoms with van der Waals surface area (Å²) in [6, 6.07) is 14.9. The summed E-state index contributed by atoms with van der Waals surface area (Å²) in [5.74, 6) is 0. The van der Waals surface area contributed by atoms with Gasteiger partial charge in [0.15, 0.2) is 5.65 Å². The van der Waals surface area contributed by atoms with Crippen LogP contribution in [-0.2, 0) is 23.9 Å². The molecule has 2 aromatic heterocycles. The highest BCUT2D eigenvalue weighted by atomic mass is 19.4. The molecule has 7 nitrogen and oxygen atoms in total. The van der Waals surface area contributed by atoms with E-state index in [2.05, 4.69) is 60.6 Å². The summed E-state index contributed by atoms with van der Waals surface area (Å²) in [6.07, 6.45) is 0.836. The second-order valence-electron chi connectivity index (χ2n) is 10.0. The van der Waals surface area contributed by atoms with E-state index in [1.165, 1.54) is 11.6 Å². The molecule has 0 radical (unpaired) electrons. The molecule has 2 N–H and O–H groups in total. The molecule has 10 heteroatoms. The Balaban J connectivity index is 1.07. The topological polar surface area (TPSA) is 69.3 Å². The van der Waals surface area contributed by atoms with Crippen LogP contribution in [0.15, 0.2) is 60.9 Å². The van der Waals surface area contributed by atoms with Gasteiger partial charge in [0.2, 0.25) is 0 Å². The highest BCUT2D eigenvalue weighted by Gasteiger charge is 2.34. The van der Waals surface area contributed by atoms with Crippen molar-refractivity contribution in [3.8, 4) is 11.1 Å². The Hall–Kier alpha value is -3.47. The number of H-pyrrole nitrogens is 1. The number of halogens is 3. The van der Waals surface area contributed by atoms with E-state index < -0.39 is 11.7 Å². The number of pyridine rings is 1. The van der Waals surface area contributed by atoms with Crippen molar-refractivity contribution in [2.45, 2.75) is 25.6 Å². The summed E-state index contributed by atoms with van der Waals surface area (Å²) in [6.45, 7) is 4.23. The van der Waals surface area contributed by atoms with Crippen LogP contribution in [0.25, 0.3) is 22.2 Å². The lowest BCUT2D eigenvalue weighted by atomic mass is 10.0. The fourth-order valence-electron chi connectivity index (χ4n) is 4.78. The number of fused-ring (bicyclic) bond motifs is 1. The molecule has 0 unspecified atom stereocenters. The minimum absolute atomic E-state index is 0.150. The van der Waals surface area contributed by atoms with Crippen molar-refractivity contribution in [3.05, 3.63) is 77.6 Å². The van der Waals surface area contributed by atoms with Gasteiger partial charge >= 0.3 is 6.18 Å². The highest BCUT2D eigenvalue weighted by Crippen LogP contribution is 2.34. The Morgan fingerprint density at radius 3 is 2.54 bits per heavy atom. The molecule has 5 rings (SSSR count). The average Bonchev–Trinajstić information content (AvgIpc) is 3.40. The Kier molecular flexibility index (Phi) is 8.44. The Labute approximate surface area is 226 Å². The SMILES string of the molecule is CN1CCN(Cc2ccc(NCOCCCc3ccc(-c4cnc5[nH]ncc5c4)cc3)cc2C(F)(F)F)CC1. The maximum Gasteiger partial charge on any atom is 0.416 e. The summed E-state index contributed by atoms with van der Waals surface area (Å²) in [7, 11) is 2.03. The van der Waals surface area contributed by atoms with Gasteiger partial charge < -0.3 is 15.0 Å². The molecule has 4 aromatic rings. The van der Waals surface area contributed by atoms with Crippen LogP contribution in [0, 0.1) is 0 Å². The molecule has 206 valence electrons. The summed E-state index contributed by atoms with van der Waals surface area (Å²) < 4.78 is 47.0. The number of nitrogens with one attached hydrogen (secondary N) is 2. The number of benzene rings is 2. The zero-order valence-corrected chi connectivity index (χ0v) is 22.0. The lowest BCUT2D eigenvalue weighted by Crippen LogP contribution is -2.44. The first-order valence-corrected chi connectivity index (χ1v) is 13.2. The quantitative estimate of drug-likeness (QED) is 0.208. The fraction of sp³-hybridized carbons (Fsp3) is 0.379. The third kappa shape index (κ3) is 7.14. The van der Waals surface area contributed by atoms with Crippen LogP contribution in [0.5, 0.6) is 0 Å². The number of hydrogen-bond acceptors (Lipinski definition) is 6. The molecule has 0 bridgehead atoms. The van der Waals surface area contributed by atoms with Crippen LogP contribution in [0.3, 0.4) is 0 Å². The molecular formula is C29H33F3N6O. The number of likely N-dealkylation sites (N-methyl/N-ethyl adjacent to an activating group) is 1. The first-order chi connectivity index (χ1) is 18.8. The van der Waals surface area contributed by atoms with E-state index in [4.69, 9.17) is 4.74 Å². The van der Waals surface area contributed by atoms with E-state index in [1.807, 2.05) is 13.2 Å². The second kappa shape index (κ2) is 12.1. The van der Waals surface area contributed by atoms with E-state index >= 15 is 0 Å². The smallest absolute Gasteiger partial charge is 0.363 e. The van der Waals surface area contributed by atoms with Gasteiger partial charge in [-0.05, 0) is 54.8 Å². The molecule has 0 saturated carbocycles. The van der Waals surface area contributed by atoms with Crippen LogP contribution in [0.4, 0.5) is 18.9 Å². The molecule has 0 aliphatic carbocycles. The third-order valence-corrected chi connectivity index (χ3v) is 7.12. The van der Waals surface area contributed by atoms with Crippen molar-refractivity contribution in [2.24, 2.45) is 0 Å². The number of ether oxygens (including phenoxy) is 1. The van der Waals surface area contributed by atoms with Crippen molar-refractivity contribution in [3.63, 3.8) is 0 Å². The van der Waals surface area contributed by atoms with Crippen molar-refractivity contribution < 1.29 is 17.9 Å². The maximum atomic E-state index is 13.8. The molecule has 3 heterocycles. The molecule has 0 atom stereocenters. The van der Waals surface area contributed by atoms with E-state index in [1.54, 1.807) is 18.3 Å². The number of rotatable bonds is 10. The van der Waals surface area contributed by atoms with Gasteiger partial charge in [-0.2, -0.15) is 18.3 Å². The summed E-state index contributed by atoms with van der Waals surface area (Å²) in [5.41, 5.74) is 4.21. The second-order valence-corrected chi connectivity index (χ2v) is 10.0. The van der Waals surface area contributed by atoms with Crippen LogP contribution in [-0.4, -0.2) is 71.5 Å². The van der Waals surface area contributed by atoms with Crippen LogP contribution >= 0.6 is 0 Å². The Morgan fingerprint density at radius 1 is 0.974 bits per heavy atom. The van der Waals surface area contributed by atoms with Gasteiger partial charge in [0.05, 0.1) is 11.8 Å². The Morgan fingerprint density at radius 2 is 1.77 bits per heavy atom. The van der Waals surface area contributed by atoms with Gasteiger partial charge in [-0.15, -0.1) is 0 Å². The van der Waals surface area contributed by atoms with Crippen molar-refractivity contribution >= 4 is 16.7 Å². The molecular weight excluding hydrogens is 505 g/mol. The molecule has 1 saturated heterocycles. The van der Waals surface area contributed by atoms with Crippen LogP contribution in [0.1, 0.15) is 23.1 Å². The summed E-state index contributed by atoms with van der Waals surface area (Å²) in [4.78, 5) is 8.65. The third-order valence-electron chi connectivity index (χ3n) is 7.12. The van der Waals surface area contributed by atoms with Gasteiger partial charge in [-0.1, -0.05) is 30.3 Å².